The third-order valence-corrected chi connectivity index (χ3v) is 3.35. The first-order valence-electron chi connectivity index (χ1n) is 4.51. The van der Waals surface area contributed by atoms with E-state index >= 15 is 0 Å². The van der Waals surface area contributed by atoms with Crippen LogP contribution in [0.15, 0.2) is 30.3 Å². The van der Waals surface area contributed by atoms with Crippen molar-refractivity contribution in [1.29, 1.82) is 0 Å². The van der Waals surface area contributed by atoms with Crippen molar-refractivity contribution in [3.05, 3.63) is 45.8 Å². The van der Waals surface area contributed by atoms with Gasteiger partial charge in [0, 0.05) is 20.3 Å². The Labute approximate surface area is 97.3 Å². The van der Waals surface area contributed by atoms with Crippen molar-refractivity contribution < 1.29 is 4.79 Å². The highest BCUT2D eigenvalue weighted by atomic mass is 35.5. The van der Waals surface area contributed by atoms with Gasteiger partial charge in [-0.25, -0.2) is 0 Å². The maximum atomic E-state index is 10.7. The van der Waals surface area contributed by atoms with Crippen molar-refractivity contribution in [3.8, 4) is 10.4 Å². The molecule has 1 aromatic heterocycles. The van der Waals surface area contributed by atoms with Crippen LogP contribution in [0.3, 0.4) is 0 Å². The minimum Gasteiger partial charge on any atom is -0.298 e. The number of halogens is 1. The molecule has 15 heavy (non-hydrogen) atoms. The summed E-state index contributed by atoms with van der Waals surface area (Å²) >= 11 is 7.63. The van der Waals surface area contributed by atoms with Crippen LogP contribution in [0.25, 0.3) is 10.4 Å². The number of carbonyl (C=O) groups is 1. The largest absolute Gasteiger partial charge is 0.298 e. The fourth-order valence-corrected chi connectivity index (χ4v) is 2.51. The number of rotatable bonds is 2. The van der Waals surface area contributed by atoms with Crippen LogP contribution in [0.4, 0.5) is 0 Å². The van der Waals surface area contributed by atoms with E-state index in [0.717, 1.165) is 16.7 Å². The molecular formula is C12H9ClOS. The van der Waals surface area contributed by atoms with Crippen molar-refractivity contribution in [2.45, 2.75) is 6.92 Å². The van der Waals surface area contributed by atoms with Crippen LogP contribution in [-0.2, 0) is 0 Å². The van der Waals surface area contributed by atoms with Gasteiger partial charge in [0.2, 0.25) is 0 Å². The van der Waals surface area contributed by atoms with E-state index in [-0.39, 0.29) is 0 Å². The van der Waals surface area contributed by atoms with Crippen LogP contribution in [0.5, 0.6) is 0 Å². The summed E-state index contributed by atoms with van der Waals surface area (Å²) in [5.41, 5.74) is 1.62. The summed E-state index contributed by atoms with van der Waals surface area (Å²) in [6.07, 6.45) is 0.815. The maximum absolute atomic E-state index is 10.7. The lowest BCUT2D eigenvalue weighted by Crippen LogP contribution is -1.81. The molecule has 0 unspecified atom stereocenters. The summed E-state index contributed by atoms with van der Waals surface area (Å²) in [6, 6.07) is 9.49. The minimum atomic E-state index is 0.598. The summed E-state index contributed by atoms with van der Waals surface area (Å²) < 4.78 is 0. The monoisotopic (exact) mass is 236 g/mol. The average molecular weight is 237 g/mol. The number of aldehydes is 1. The van der Waals surface area contributed by atoms with Crippen molar-refractivity contribution in [1.82, 2.24) is 0 Å². The van der Waals surface area contributed by atoms with E-state index in [0.29, 0.717) is 10.6 Å². The molecule has 1 heterocycles. The highest BCUT2D eigenvalue weighted by Gasteiger charge is 2.03. The molecule has 0 aliphatic rings. The zero-order valence-corrected chi connectivity index (χ0v) is 9.73. The molecule has 0 saturated carbocycles. The molecule has 3 heteroatoms. The summed E-state index contributed by atoms with van der Waals surface area (Å²) in [7, 11) is 0. The SMILES string of the molecule is Cc1ccc(-c2cc(Cl)cc(C=O)c2)s1. The minimum absolute atomic E-state index is 0.598. The number of aryl methyl sites for hydroxylation is 1. The van der Waals surface area contributed by atoms with E-state index in [1.165, 1.54) is 4.88 Å². The second kappa shape index (κ2) is 4.17. The van der Waals surface area contributed by atoms with E-state index in [1.807, 2.05) is 18.2 Å². The van der Waals surface area contributed by atoms with Gasteiger partial charge in [0.1, 0.15) is 6.29 Å². The fourth-order valence-electron chi connectivity index (χ4n) is 1.41. The molecule has 0 fully saturated rings. The van der Waals surface area contributed by atoms with Crippen LogP contribution in [-0.4, -0.2) is 6.29 Å². The molecule has 76 valence electrons. The van der Waals surface area contributed by atoms with Crippen LogP contribution in [0, 0.1) is 6.92 Å². The normalized spacial score (nSPS) is 10.3. The Balaban J connectivity index is 2.52. The second-order valence-corrected chi connectivity index (χ2v) is 5.03. The molecule has 0 saturated heterocycles. The second-order valence-electron chi connectivity index (χ2n) is 3.30. The van der Waals surface area contributed by atoms with Gasteiger partial charge in [0.15, 0.2) is 0 Å². The zero-order valence-electron chi connectivity index (χ0n) is 8.16. The van der Waals surface area contributed by atoms with E-state index in [2.05, 4.69) is 13.0 Å². The summed E-state index contributed by atoms with van der Waals surface area (Å²) in [5, 5.41) is 0.598. The van der Waals surface area contributed by atoms with Gasteiger partial charge in [-0.2, -0.15) is 0 Å². The number of hydrogen-bond donors (Lipinski definition) is 0. The number of thiophene rings is 1. The van der Waals surface area contributed by atoms with Crippen molar-refractivity contribution in [2.24, 2.45) is 0 Å². The van der Waals surface area contributed by atoms with Crippen molar-refractivity contribution in [3.63, 3.8) is 0 Å². The van der Waals surface area contributed by atoms with Gasteiger partial charge in [-0.15, -0.1) is 11.3 Å². The molecular weight excluding hydrogens is 228 g/mol. The average Bonchev–Trinajstić information content (AvgIpc) is 2.64. The molecule has 0 atom stereocenters. The van der Waals surface area contributed by atoms with E-state index in [1.54, 1.807) is 17.4 Å². The Morgan fingerprint density at radius 3 is 2.67 bits per heavy atom. The van der Waals surface area contributed by atoms with E-state index in [4.69, 9.17) is 11.6 Å². The van der Waals surface area contributed by atoms with Crippen LogP contribution >= 0.6 is 22.9 Å². The van der Waals surface area contributed by atoms with Gasteiger partial charge in [-0.05, 0) is 42.8 Å². The zero-order chi connectivity index (χ0) is 10.8. The number of hydrogen-bond acceptors (Lipinski definition) is 2. The molecule has 0 spiro atoms. The third kappa shape index (κ3) is 2.28. The summed E-state index contributed by atoms with van der Waals surface area (Å²) in [6.45, 7) is 2.05. The third-order valence-electron chi connectivity index (χ3n) is 2.08. The van der Waals surface area contributed by atoms with Crippen molar-refractivity contribution in [2.75, 3.05) is 0 Å². The Bertz CT molecular complexity index is 502. The topological polar surface area (TPSA) is 17.1 Å². The van der Waals surface area contributed by atoms with Gasteiger partial charge in [0.05, 0.1) is 0 Å². The molecule has 0 aliphatic heterocycles. The predicted octanol–water partition coefficient (Wildman–Crippen LogP) is 4.19. The molecule has 0 aliphatic carbocycles. The first kappa shape index (κ1) is 10.4. The number of benzene rings is 1. The lowest BCUT2D eigenvalue weighted by molar-refractivity contribution is 0.112. The molecule has 1 nitrogen and oxygen atoms in total. The van der Waals surface area contributed by atoms with Gasteiger partial charge in [0.25, 0.3) is 0 Å². The van der Waals surface area contributed by atoms with E-state index < -0.39 is 0 Å². The van der Waals surface area contributed by atoms with Crippen LogP contribution in [0.1, 0.15) is 15.2 Å². The van der Waals surface area contributed by atoms with Gasteiger partial charge in [-0.3, -0.25) is 4.79 Å². The smallest absolute Gasteiger partial charge is 0.150 e. The standard InChI is InChI=1S/C12H9ClOS/c1-8-2-3-12(15-8)10-4-9(7-14)5-11(13)6-10/h2-7H,1H3. The quantitative estimate of drug-likeness (QED) is 0.715. The van der Waals surface area contributed by atoms with E-state index in [9.17, 15) is 4.79 Å². The molecule has 0 amide bonds. The van der Waals surface area contributed by atoms with Gasteiger partial charge in [-0.1, -0.05) is 11.6 Å². The Kier molecular flexibility index (Phi) is 2.89. The highest BCUT2D eigenvalue weighted by molar-refractivity contribution is 7.15. The Morgan fingerprint density at radius 2 is 2.07 bits per heavy atom. The van der Waals surface area contributed by atoms with Crippen LogP contribution in [0.2, 0.25) is 5.02 Å². The molecule has 0 N–H and O–H groups in total. The predicted molar refractivity (Wildman–Crippen MR) is 64.9 cm³/mol. The summed E-state index contributed by atoms with van der Waals surface area (Å²) in [4.78, 5) is 13.1. The van der Waals surface area contributed by atoms with Gasteiger partial charge < -0.3 is 0 Å². The molecule has 2 rings (SSSR count). The fraction of sp³-hybridized carbons (Fsp3) is 0.0833. The number of carbonyl (C=O) groups excluding carboxylic acids is 1. The summed E-state index contributed by atoms with van der Waals surface area (Å²) in [5.74, 6) is 0. The van der Waals surface area contributed by atoms with Crippen LogP contribution < -0.4 is 0 Å². The lowest BCUT2D eigenvalue weighted by Gasteiger charge is -2.00. The molecule has 0 bridgehead atoms. The van der Waals surface area contributed by atoms with Gasteiger partial charge >= 0.3 is 0 Å². The first-order valence-corrected chi connectivity index (χ1v) is 5.71. The first-order chi connectivity index (χ1) is 7.19. The molecule has 2 aromatic rings. The maximum Gasteiger partial charge on any atom is 0.150 e. The Hall–Kier alpha value is -1.12. The van der Waals surface area contributed by atoms with Crippen molar-refractivity contribution >= 4 is 29.2 Å². The Morgan fingerprint density at radius 1 is 1.27 bits per heavy atom. The molecule has 1 aromatic carbocycles. The lowest BCUT2D eigenvalue weighted by atomic mass is 10.1. The highest BCUT2D eigenvalue weighted by Crippen LogP contribution is 2.30. The molecule has 0 radical (unpaired) electrons.